The van der Waals surface area contributed by atoms with Crippen molar-refractivity contribution in [3.05, 3.63) is 81.1 Å². The van der Waals surface area contributed by atoms with Crippen LogP contribution in [0.15, 0.2) is 58.8 Å². The van der Waals surface area contributed by atoms with Crippen molar-refractivity contribution in [2.45, 2.75) is 31.3 Å². The lowest BCUT2D eigenvalue weighted by Gasteiger charge is -2.29. The fourth-order valence-corrected chi connectivity index (χ4v) is 4.66. The minimum atomic E-state index is -5.04. The second-order valence-electron chi connectivity index (χ2n) is 8.73. The number of hydrogen-bond donors (Lipinski definition) is 1. The molecule has 1 aliphatic rings. The molecule has 0 spiro atoms. The molecule has 41 heavy (non-hydrogen) atoms. The van der Waals surface area contributed by atoms with Gasteiger partial charge in [-0.25, -0.2) is 4.39 Å². The number of fused-ring (bicyclic) bond motifs is 1. The summed E-state index contributed by atoms with van der Waals surface area (Å²) in [5.74, 6) is -1.99. The molecule has 218 valence electrons. The van der Waals surface area contributed by atoms with Gasteiger partial charge in [0.15, 0.2) is 11.5 Å². The first-order valence-electron chi connectivity index (χ1n) is 11.7. The van der Waals surface area contributed by atoms with Crippen molar-refractivity contribution >= 4 is 51.3 Å². The zero-order valence-corrected chi connectivity index (χ0v) is 22.3. The van der Waals surface area contributed by atoms with E-state index in [1.165, 1.54) is 37.3 Å². The van der Waals surface area contributed by atoms with E-state index in [4.69, 9.17) is 28.0 Å². The Morgan fingerprint density at radius 3 is 2.29 bits per heavy atom. The molecule has 0 aliphatic carbocycles. The first-order valence-corrected chi connectivity index (χ1v) is 12.5. The van der Waals surface area contributed by atoms with Gasteiger partial charge in [-0.05, 0) is 35.9 Å². The SMILES string of the molecule is CCON=C(CNC(=O)c1ccc(C2=NOC(c3cc(Cl)c(F)c(Cl)c3)(C(F)(F)F)C2)c2ccccc12)C(F)(F)F. The van der Waals surface area contributed by atoms with Gasteiger partial charge in [-0.2, -0.15) is 26.3 Å². The molecule has 0 bridgehead atoms. The molecule has 0 saturated heterocycles. The van der Waals surface area contributed by atoms with Crippen molar-refractivity contribution in [3.8, 4) is 0 Å². The second kappa shape index (κ2) is 11.4. The summed E-state index contributed by atoms with van der Waals surface area (Å²) < 4.78 is 96.8. The number of oxime groups is 2. The van der Waals surface area contributed by atoms with E-state index in [9.17, 15) is 35.5 Å². The zero-order valence-electron chi connectivity index (χ0n) is 20.8. The van der Waals surface area contributed by atoms with E-state index >= 15 is 0 Å². The van der Waals surface area contributed by atoms with Crippen molar-refractivity contribution in [1.29, 1.82) is 0 Å². The van der Waals surface area contributed by atoms with E-state index in [-0.39, 0.29) is 34.2 Å². The van der Waals surface area contributed by atoms with Crippen LogP contribution < -0.4 is 5.32 Å². The zero-order chi connectivity index (χ0) is 30.2. The predicted molar refractivity (Wildman–Crippen MR) is 138 cm³/mol. The van der Waals surface area contributed by atoms with Crippen LogP contribution >= 0.6 is 23.2 Å². The number of rotatable bonds is 7. The standard InChI is InChI=1S/C26H18Cl2F7N3O3/c1-2-40-38-21(25(30,31)32)12-36-23(39)17-8-7-16(14-5-3-4-6-15(14)17)20-11-24(41-37-20,26(33,34)35)13-9-18(27)22(29)19(28)10-13/h3-10H,2,11-12H2,1H3,(H,36,39). The number of nitrogens with one attached hydrogen (secondary N) is 1. The number of hydrogen-bond acceptors (Lipinski definition) is 5. The summed E-state index contributed by atoms with van der Waals surface area (Å²) in [5, 5.41) is 8.03. The summed E-state index contributed by atoms with van der Waals surface area (Å²) >= 11 is 11.5. The van der Waals surface area contributed by atoms with Gasteiger partial charge in [-0.1, -0.05) is 63.8 Å². The first kappa shape index (κ1) is 30.4. The van der Waals surface area contributed by atoms with Gasteiger partial charge in [0.25, 0.3) is 11.5 Å². The van der Waals surface area contributed by atoms with E-state index in [2.05, 4.69) is 20.5 Å². The van der Waals surface area contributed by atoms with E-state index in [1.54, 1.807) is 6.07 Å². The highest BCUT2D eigenvalue weighted by atomic mass is 35.5. The Morgan fingerprint density at radius 1 is 1.07 bits per heavy atom. The van der Waals surface area contributed by atoms with Gasteiger partial charge in [0.1, 0.15) is 6.61 Å². The Kier molecular flexibility index (Phi) is 8.42. The van der Waals surface area contributed by atoms with Crippen LogP contribution in [-0.2, 0) is 15.3 Å². The molecular weight excluding hydrogens is 606 g/mol. The maximum Gasteiger partial charge on any atom is 0.435 e. The number of alkyl halides is 6. The van der Waals surface area contributed by atoms with Gasteiger partial charge < -0.3 is 15.0 Å². The molecule has 1 aliphatic heterocycles. The number of benzene rings is 3. The largest absolute Gasteiger partial charge is 0.435 e. The Balaban J connectivity index is 1.69. The Bertz CT molecular complexity index is 1530. The van der Waals surface area contributed by atoms with Gasteiger partial charge in [-0.3, -0.25) is 4.79 Å². The van der Waals surface area contributed by atoms with Crippen LogP contribution in [0.5, 0.6) is 0 Å². The molecule has 1 N–H and O–H groups in total. The first-order chi connectivity index (χ1) is 19.2. The van der Waals surface area contributed by atoms with Crippen LogP contribution in [-0.4, -0.2) is 42.8 Å². The molecule has 1 amide bonds. The third kappa shape index (κ3) is 5.91. The Morgan fingerprint density at radius 2 is 1.71 bits per heavy atom. The van der Waals surface area contributed by atoms with Crippen LogP contribution in [0.1, 0.15) is 34.8 Å². The van der Waals surface area contributed by atoms with Crippen molar-refractivity contribution in [2.75, 3.05) is 13.2 Å². The highest BCUT2D eigenvalue weighted by molar-refractivity contribution is 6.35. The molecule has 6 nitrogen and oxygen atoms in total. The van der Waals surface area contributed by atoms with Gasteiger partial charge in [0.2, 0.25) is 0 Å². The van der Waals surface area contributed by atoms with Crippen LogP contribution in [0.25, 0.3) is 10.8 Å². The summed E-state index contributed by atoms with van der Waals surface area (Å²) in [5.41, 5.74) is -5.04. The molecular formula is C26H18Cl2F7N3O3. The minimum Gasteiger partial charge on any atom is -0.396 e. The predicted octanol–water partition coefficient (Wildman–Crippen LogP) is 7.55. The number of nitrogens with zero attached hydrogens (tertiary/aromatic N) is 2. The van der Waals surface area contributed by atoms with Crippen molar-refractivity contribution in [2.24, 2.45) is 10.3 Å². The number of halogens is 9. The average molecular weight is 624 g/mol. The quantitative estimate of drug-likeness (QED) is 0.128. The summed E-state index contributed by atoms with van der Waals surface area (Å²) in [6.07, 6.45) is -10.8. The fraction of sp³-hybridized carbons (Fsp3) is 0.269. The lowest BCUT2D eigenvalue weighted by Crippen LogP contribution is -2.42. The minimum absolute atomic E-state index is 0.0546. The van der Waals surface area contributed by atoms with Gasteiger partial charge in [0, 0.05) is 23.1 Å². The lowest BCUT2D eigenvalue weighted by molar-refractivity contribution is -0.275. The van der Waals surface area contributed by atoms with Crippen molar-refractivity contribution in [1.82, 2.24) is 5.32 Å². The number of amides is 1. The molecule has 0 aromatic heterocycles. The number of carbonyl (C=O) groups is 1. The lowest BCUT2D eigenvalue weighted by atomic mass is 9.85. The van der Waals surface area contributed by atoms with Gasteiger partial charge in [0.05, 0.1) is 22.3 Å². The van der Waals surface area contributed by atoms with E-state index in [1.807, 2.05) is 0 Å². The maximum absolute atomic E-state index is 14.4. The van der Waals surface area contributed by atoms with Crippen LogP contribution in [0.3, 0.4) is 0 Å². The van der Waals surface area contributed by atoms with E-state index in [0.717, 1.165) is 12.1 Å². The molecule has 0 radical (unpaired) electrons. The summed E-state index contributed by atoms with van der Waals surface area (Å²) in [7, 11) is 0. The Labute approximate surface area is 237 Å². The molecule has 1 atom stereocenters. The highest BCUT2D eigenvalue weighted by Gasteiger charge is 2.62. The topological polar surface area (TPSA) is 72.3 Å². The molecule has 0 saturated carbocycles. The van der Waals surface area contributed by atoms with E-state index < -0.39 is 64.0 Å². The maximum atomic E-state index is 14.4. The summed E-state index contributed by atoms with van der Waals surface area (Å²) in [4.78, 5) is 22.3. The van der Waals surface area contributed by atoms with Crippen LogP contribution in [0, 0.1) is 5.82 Å². The fourth-order valence-electron chi connectivity index (χ4n) is 4.17. The molecule has 1 unspecified atom stereocenters. The Hall–Kier alpha value is -3.58. The van der Waals surface area contributed by atoms with Gasteiger partial charge >= 0.3 is 12.4 Å². The van der Waals surface area contributed by atoms with E-state index in [0.29, 0.717) is 0 Å². The second-order valence-corrected chi connectivity index (χ2v) is 9.54. The molecule has 4 rings (SSSR count). The normalized spacial score (nSPS) is 17.8. The van der Waals surface area contributed by atoms with Crippen molar-refractivity contribution in [3.63, 3.8) is 0 Å². The average Bonchev–Trinajstić information content (AvgIpc) is 3.37. The molecule has 1 heterocycles. The highest BCUT2D eigenvalue weighted by Crippen LogP contribution is 2.50. The smallest absolute Gasteiger partial charge is 0.396 e. The third-order valence-corrected chi connectivity index (χ3v) is 6.71. The van der Waals surface area contributed by atoms with Crippen LogP contribution in [0.2, 0.25) is 10.0 Å². The third-order valence-electron chi connectivity index (χ3n) is 6.16. The van der Waals surface area contributed by atoms with Gasteiger partial charge in [-0.15, -0.1) is 0 Å². The van der Waals surface area contributed by atoms with Crippen LogP contribution in [0.4, 0.5) is 30.7 Å². The monoisotopic (exact) mass is 623 g/mol. The molecule has 0 fully saturated rings. The molecule has 15 heteroatoms. The molecule has 3 aromatic carbocycles. The molecule has 3 aromatic rings. The number of carbonyl (C=O) groups excluding carboxylic acids is 1. The summed E-state index contributed by atoms with van der Waals surface area (Å²) in [6, 6.07) is 10.1. The summed E-state index contributed by atoms with van der Waals surface area (Å²) in [6.45, 7) is 0.325. The van der Waals surface area contributed by atoms with Crippen molar-refractivity contribution < 1.29 is 45.2 Å².